The van der Waals surface area contributed by atoms with Gasteiger partial charge in [-0.15, -0.1) is 0 Å². The molecule has 0 aromatic heterocycles. The SMILES string of the molecule is CC(=O)N1CCC(F)c2ccccc21. The maximum atomic E-state index is 13.5. The van der Waals surface area contributed by atoms with Crippen LogP contribution in [0.25, 0.3) is 0 Å². The van der Waals surface area contributed by atoms with E-state index in [2.05, 4.69) is 0 Å². The van der Waals surface area contributed by atoms with E-state index in [1.165, 1.54) is 6.92 Å². The zero-order chi connectivity index (χ0) is 10.1. The number of benzene rings is 1. The van der Waals surface area contributed by atoms with Crippen molar-refractivity contribution in [3.63, 3.8) is 0 Å². The summed E-state index contributed by atoms with van der Waals surface area (Å²) in [4.78, 5) is 12.9. The van der Waals surface area contributed by atoms with Gasteiger partial charge in [-0.3, -0.25) is 4.79 Å². The number of rotatable bonds is 0. The van der Waals surface area contributed by atoms with Crippen molar-refractivity contribution in [2.45, 2.75) is 19.5 Å². The second-order valence-corrected chi connectivity index (χ2v) is 3.49. The second kappa shape index (κ2) is 3.40. The molecule has 1 heterocycles. The first-order valence-electron chi connectivity index (χ1n) is 4.71. The molecule has 0 aliphatic carbocycles. The highest BCUT2D eigenvalue weighted by Gasteiger charge is 2.26. The van der Waals surface area contributed by atoms with Gasteiger partial charge in [0.25, 0.3) is 0 Å². The zero-order valence-corrected chi connectivity index (χ0v) is 8.03. The number of halogens is 1. The van der Waals surface area contributed by atoms with Gasteiger partial charge in [0.2, 0.25) is 5.91 Å². The minimum atomic E-state index is -0.929. The molecule has 1 unspecified atom stereocenters. The maximum absolute atomic E-state index is 13.5. The van der Waals surface area contributed by atoms with Gasteiger partial charge in [0.1, 0.15) is 6.17 Å². The van der Waals surface area contributed by atoms with Gasteiger partial charge in [-0.05, 0) is 6.07 Å². The first-order valence-corrected chi connectivity index (χ1v) is 4.71. The van der Waals surface area contributed by atoms with Crippen LogP contribution in [0.3, 0.4) is 0 Å². The number of carbonyl (C=O) groups excluding carboxylic acids is 1. The molecule has 3 heteroatoms. The van der Waals surface area contributed by atoms with Gasteiger partial charge in [0.15, 0.2) is 0 Å². The average molecular weight is 193 g/mol. The lowest BCUT2D eigenvalue weighted by Crippen LogP contribution is -2.34. The van der Waals surface area contributed by atoms with Gasteiger partial charge in [0, 0.05) is 31.1 Å². The Kier molecular flexibility index (Phi) is 2.23. The van der Waals surface area contributed by atoms with Crippen molar-refractivity contribution in [3.05, 3.63) is 29.8 Å². The third kappa shape index (κ3) is 1.39. The van der Waals surface area contributed by atoms with Crippen LogP contribution in [0.1, 0.15) is 25.1 Å². The van der Waals surface area contributed by atoms with Gasteiger partial charge < -0.3 is 4.90 Å². The van der Waals surface area contributed by atoms with E-state index >= 15 is 0 Å². The van der Waals surface area contributed by atoms with Crippen molar-refractivity contribution in [1.82, 2.24) is 0 Å². The number of amides is 1. The summed E-state index contributed by atoms with van der Waals surface area (Å²) >= 11 is 0. The lowest BCUT2D eigenvalue weighted by Gasteiger charge is -2.30. The fourth-order valence-electron chi connectivity index (χ4n) is 1.84. The number of anilines is 1. The van der Waals surface area contributed by atoms with Crippen molar-refractivity contribution in [3.8, 4) is 0 Å². The van der Waals surface area contributed by atoms with Gasteiger partial charge in [-0.1, -0.05) is 18.2 Å². The van der Waals surface area contributed by atoms with E-state index in [9.17, 15) is 9.18 Å². The predicted molar refractivity (Wildman–Crippen MR) is 52.9 cm³/mol. The molecule has 14 heavy (non-hydrogen) atoms. The Morgan fingerprint density at radius 2 is 2.21 bits per heavy atom. The molecular weight excluding hydrogens is 181 g/mol. The van der Waals surface area contributed by atoms with E-state index in [-0.39, 0.29) is 5.91 Å². The Labute approximate surface area is 82.3 Å². The summed E-state index contributed by atoms with van der Waals surface area (Å²) < 4.78 is 13.5. The molecule has 0 saturated carbocycles. The number of alkyl halides is 1. The fourth-order valence-corrected chi connectivity index (χ4v) is 1.84. The quantitative estimate of drug-likeness (QED) is 0.619. The maximum Gasteiger partial charge on any atom is 0.223 e. The smallest absolute Gasteiger partial charge is 0.223 e. The van der Waals surface area contributed by atoms with Crippen LogP contribution in [0, 0.1) is 0 Å². The molecule has 1 amide bonds. The third-order valence-electron chi connectivity index (χ3n) is 2.55. The molecule has 0 saturated heterocycles. The minimum Gasteiger partial charge on any atom is -0.312 e. The molecule has 0 N–H and O–H groups in total. The van der Waals surface area contributed by atoms with Crippen LogP contribution in [0.2, 0.25) is 0 Å². The summed E-state index contributed by atoms with van der Waals surface area (Å²) in [5.41, 5.74) is 1.35. The molecule has 2 rings (SSSR count). The largest absolute Gasteiger partial charge is 0.312 e. The number of carbonyl (C=O) groups is 1. The molecule has 1 aliphatic heterocycles. The Bertz CT molecular complexity index is 364. The Balaban J connectivity index is 2.46. The molecule has 2 nitrogen and oxygen atoms in total. The van der Waals surface area contributed by atoms with Gasteiger partial charge >= 0.3 is 0 Å². The number of para-hydroxylation sites is 1. The van der Waals surface area contributed by atoms with E-state index < -0.39 is 6.17 Å². The standard InChI is InChI=1S/C11H12FNO/c1-8(14)13-7-6-10(12)9-4-2-3-5-11(9)13/h2-5,10H,6-7H2,1H3. The first kappa shape index (κ1) is 9.19. The van der Waals surface area contributed by atoms with E-state index in [4.69, 9.17) is 0 Å². The summed E-state index contributed by atoms with van der Waals surface area (Å²) in [6.45, 7) is 1.99. The van der Waals surface area contributed by atoms with Crippen molar-refractivity contribution < 1.29 is 9.18 Å². The number of hydrogen-bond donors (Lipinski definition) is 0. The summed E-state index contributed by atoms with van der Waals surface area (Å²) in [6, 6.07) is 7.17. The number of hydrogen-bond acceptors (Lipinski definition) is 1. The lowest BCUT2D eigenvalue weighted by molar-refractivity contribution is -0.116. The van der Waals surface area contributed by atoms with Gasteiger partial charge in [0.05, 0.1) is 0 Å². The Morgan fingerprint density at radius 3 is 2.93 bits per heavy atom. The van der Waals surface area contributed by atoms with Crippen LogP contribution in [0.4, 0.5) is 10.1 Å². The van der Waals surface area contributed by atoms with Crippen LogP contribution in [-0.4, -0.2) is 12.5 Å². The fraction of sp³-hybridized carbons (Fsp3) is 0.364. The van der Waals surface area contributed by atoms with Crippen molar-refractivity contribution in [2.75, 3.05) is 11.4 Å². The number of fused-ring (bicyclic) bond motifs is 1. The number of nitrogens with zero attached hydrogens (tertiary/aromatic N) is 1. The molecule has 0 radical (unpaired) electrons. The van der Waals surface area contributed by atoms with Crippen molar-refractivity contribution in [1.29, 1.82) is 0 Å². The molecule has 1 aromatic rings. The van der Waals surface area contributed by atoms with Crippen LogP contribution in [0.5, 0.6) is 0 Å². The third-order valence-corrected chi connectivity index (χ3v) is 2.55. The van der Waals surface area contributed by atoms with Crippen LogP contribution in [-0.2, 0) is 4.79 Å². The van der Waals surface area contributed by atoms with Gasteiger partial charge in [-0.25, -0.2) is 4.39 Å². The molecule has 1 aliphatic rings. The van der Waals surface area contributed by atoms with Crippen molar-refractivity contribution >= 4 is 11.6 Å². The van der Waals surface area contributed by atoms with E-state index in [1.54, 1.807) is 23.1 Å². The predicted octanol–water partition coefficient (Wildman–Crippen LogP) is 2.45. The zero-order valence-electron chi connectivity index (χ0n) is 8.03. The molecule has 0 fully saturated rings. The molecule has 0 bridgehead atoms. The van der Waals surface area contributed by atoms with Crippen molar-refractivity contribution in [2.24, 2.45) is 0 Å². The highest BCUT2D eigenvalue weighted by Crippen LogP contribution is 2.35. The van der Waals surface area contributed by atoms with Gasteiger partial charge in [-0.2, -0.15) is 0 Å². The average Bonchev–Trinajstić information content (AvgIpc) is 2.18. The molecule has 74 valence electrons. The van der Waals surface area contributed by atoms with Crippen LogP contribution < -0.4 is 4.90 Å². The highest BCUT2D eigenvalue weighted by atomic mass is 19.1. The first-order chi connectivity index (χ1) is 6.70. The Hall–Kier alpha value is -1.38. The van der Waals surface area contributed by atoms with E-state index in [0.717, 1.165) is 5.69 Å². The van der Waals surface area contributed by atoms with Crippen LogP contribution >= 0.6 is 0 Å². The van der Waals surface area contributed by atoms with E-state index in [1.807, 2.05) is 6.07 Å². The van der Waals surface area contributed by atoms with Crippen LogP contribution in [0.15, 0.2) is 24.3 Å². The summed E-state index contributed by atoms with van der Waals surface area (Å²) in [5, 5.41) is 0. The normalized spacial score (nSPS) is 20.4. The monoisotopic (exact) mass is 193 g/mol. The summed E-state index contributed by atoms with van der Waals surface area (Å²) in [7, 11) is 0. The van der Waals surface area contributed by atoms with E-state index in [0.29, 0.717) is 18.5 Å². The lowest BCUT2D eigenvalue weighted by atomic mass is 10.00. The summed E-state index contributed by atoms with van der Waals surface area (Å²) in [6.07, 6.45) is -0.529. The second-order valence-electron chi connectivity index (χ2n) is 3.49. The topological polar surface area (TPSA) is 20.3 Å². The molecule has 1 aromatic carbocycles. The molecule has 0 spiro atoms. The summed E-state index contributed by atoms with van der Waals surface area (Å²) in [5.74, 6) is -0.0237. The molecule has 1 atom stereocenters. The highest BCUT2D eigenvalue weighted by molar-refractivity contribution is 5.92. The minimum absolute atomic E-state index is 0.0237. The molecular formula is C11H12FNO. The Morgan fingerprint density at radius 1 is 1.50 bits per heavy atom.